The van der Waals surface area contributed by atoms with Crippen molar-refractivity contribution in [2.75, 3.05) is 6.61 Å². The third-order valence-corrected chi connectivity index (χ3v) is 12.3. The molecule has 59 heavy (non-hydrogen) atoms. The first-order valence-electron chi connectivity index (χ1n) is 26.4. The molecule has 0 aliphatic rings. The van der Waals surface area contributed by atoms with Crippen molar-refractivity contribution in [3.05, 3.63) is 12.2 Å². The summed E-state index contributed by atoms with van der Waals surface area (Å²) in [5.74, 6) is -0.475. The molecular weight excluding hydrogens is 731 g/mol. The Morgan fingerprint density at radius 3 is 1.20 bits per heavy atom. The molecule has 0 radical (unpaired) electrons. The standard InChI is InChI=1S/C53H103NO5/c1-4-7-10-13-16-19-22-24-26-27-28-30-32-35-38-41-44-49(59-53(58)46-43-40-37-34-31-29-25-23-20-17-14-11-8-5-2)47-52(57)54-50(48-55)51(56)45-42-39-36-33-21-18-15-12-9-6-3/h29,31,49-51,55-56H,4-28,30,32-48H2,1-3H3,(H,54,57)/b31-29-. The average Bonchev–Trinajstić information content (AvgIpc) is 3.23. The van der Waals surface area contributed by atoms with Crippen molar-refractivity contribution in [3.63, 3.8) is 0 Å². The van der Waals surface area contributed by atoms with Gasteiger partial charge < -0.3 is 20.3 Å². The normalized spacial score (nSPS) is 13.2. The van der Waals surface area contributed by atoms with Crippen molar-refractivity contribution in [1.29, 1.82) is 0 Å². The number of hydrogen-bond acceptors (Lipinski definition) is 5. The first-order chi connectivity index (χ1) is 29.0. The van der Waals surface area contributed by atoms with Crippen LogP contribution in [-0.2, 0) is 14.3 Å². The summed E-state index contributed by atoms with van der Waals surface area (Å²) < 4.78 is 5.93. The number of amides is 1. The molecule has 0 saturated heterocycles. The maximum atomic E-state index is 13.2. The summed E-state index contributed by atoms with van der Waals surface area (Å²) in [6.45, 7) is 6.49. The summed E-state index contributed by atoms with van der Waals surface area (Å²) in [6.07, 6.45) is 52.7. The van der Waals surface area contributed by atoms with Crippen LogP contribution in [0.25, 0.3) is 0 Å². The fourth-order valence-corrected chi connectivity index (χ4v) is 8.31. The van der Waals surface area contributed by atoms with Crippen LogP contribution >= 0.6 is 0 Å². The SMILES string of the molecule is CCCCCCCCC/C=C\CCCCCC(=O)OC(CCCCCCCCCCCCCCCCCC)CC(=O)NC(CO)C(O)CCCCCCCCCCCC. The van der Waals surface area contributed by atoms with Gasteiger partial charge in [-0.05, 0) is 51.4 Å². The lowest BCUT2D eigenvalue weighted by Crippen LogP contribution is -2.46. The second kappa shape index (κ2) is 47.6. The van der Waals surface area contributed by atoms with Crippen LogP contribution in [0.4, 0.5) is 0 Å². The average molecular weight is 834 g/mol. The van der Waals surface area contributed by atoms with E-state index in [1.54, 1.807) is 0 Å². The van der Waals surface area contributed by atoms with E-state index < -0.39 is 18.2 Å². The minimum Gasteiger partial charge on any atom is -0.462 e. The highest BCUT2D eigenvalue weighted by molar-refractivity contribution is 5.77. The van der Waals surface area contributed by atoms with E-state index in [0.717, 1.165) is 51.4 Å². The zero-order valence-electron chi connectivity index (χ0n) is 39.9. The van der Waals surface area contributed by atoms with Crippen LogP contribution in [0.3, 0.4) is 0 Å². The molecule has 0 aromatic rings. The van der Waals surface area contributed by atoms with Gasteiger partial charge in [0.1, 0.15) is 6.10 Å². The van der Waals surface area contributed by atoms with Gasteiger partial charge in [0.25, 0.3) is 0 Å². The van der Waals surface area contributed by atoms with Crippen LogP contribution in [0.1, 0.15) is 290 Å². The van der Waals surface area contributed by atoms with E-state index in [4.69, 9.17) is 4.74 Å². The first kappa shape index (κ1) is 57.6. The minimum absolute atomic E-state index is 0.0789. The quantitative estimate of drug-likeness (QED) is 0.0322. The Morgan fingerprint density at radius 1 is 0.475 bits per heavy atom. The number of ether oxygens (including phenoxy) is 1. The number of aliphatic hydroxyl groups excluding tert-OH is 2. The van der Waals surface area contributed by atoms with Crippen LogP contribution in [0, 0.1) is 0 Å². The summed E-state index contributed by atoms with van der Waals surface area (Å²) in [7, 11) is 0. The van der Waals surface area contributed by atoms with Crippen LogP contribution < -0.4 is 5.32 Å². The van der Waals surface area contributed by atoms with Gasteiger partial charge in [0.15, 0.2) is 0 Å². The van der Waals surface area contributed by atoms with E-state index in [0.29, 0.717) is 19.3 Å². The zero-order valence-corrected chi connectivity index (χ0v) is 39.9. The van der Waals surface area contributed by atoms with Gasteiger partial charge in [0, 0.05) is 6.42 Å². The number of aliphatic hydroxyl groups is 2. The van der Waals surface area contributed by atoms with Crippen LogP contribution in [0.15, 0.2) is 12.2 Å². The number of unbranched alkanes of at least 4 members (excludes halogenated alkanes) is 34. The second-order valence-electron chi connectivity index (χ2n) is 18.3. The molecule has 3 unspecified atom stereocenters. The van der Waals surface area contributed by atoms with E-state index >= 15 is 0 Å². The van der Waals surface area contributed by atoms with Gasteiger partial charge in [-0.15, -0.1) is 0 Å². The maximum absolute atomic E-state index is 13.2. The van der Waals surface area contributed by atoms with E-state index in [-0.39, 0.29) is 24.9 Å². The number of hydrogen-bond donors (Lipinski definition) is 3. The van der Waals surface area contributed by atoms with Crippen molar-refractivity contribution in [2.45, 2.75) is 309 Å². The number of nitrogens with one attached hydrogen (secondary N) is 1. The summed E-state index contributed by atoms with van der Waals surface area (Å²) in [4.78, 5) is 26.1. The molecule has 0 heterocycles. The lowest BCUT2D eigenvalue weighted by Gasteiger charge is -2.24. The highest BCUT2D eigenvalue weighted by Gasteiger charge is 2.24. The van der Waals surface area contributed by atoms with Gasteiger partial charge in [0.2, 0.25) is 5.91 Å². The third kappa shape index (κ3) is 43.1. The molecule has 3 N–H and O–H groups in total. The van der Waals surface area contributed by atoms with Crippen LogP contribution in [0.5, 0.6) is 0 Å². The van der Waals surface area contributed by atoms with Crippen molar-refractivity contribution in [1.82, 2.24) is 5.32 Å². The van der Waals surface area contributed by atoms with Crippen molar-refractivity contribution < 1.29 is 24.5 Å². The molecule has 0 saturated carbocycles. The predicted octanol–water partition coefficient (Wildman–Crippen LogP) is 15.7. The number of allylic oxidation sites excluding steroid dienone is 2. The number of rotatable bonds is 48. The fourth-order valence-electron chi connectivity index (χ4n) is 8.31. The molecule has 0 spiro atoms. The molecule has 6 heteroatoms. The molecular formula is C53H103NO5. The van der Waals surface area contributed by atoms with Crippen LogP contribution in [-0.4, -0.2) is 46.9 Å². The van der Waals surface area contributed by atoms with Crippen molar-refractivity contribution in [3.8, 4) is 0 Å². The topological polar surface area (TPSA) is 95.9 Å². The molecule has 0 aromatic carbocycles. The Balaban J connectivity index is 4.55. The summed E-state index contributed by atoms with van der Waals surface area (Å²) in [5.41, 5.74) is 0. The summed E-state index contributed by atoms with van der Waals surface area (Å²) in [6, 6.07) is -0.697. The molecule has 0 aromatic heterocycles. The molecule has 1 amide bonds. The highest BCUT2D eigenvalue weighted by Crippen LogP contribution is 2.18. The lowest BCUT2D eigenvalue weighted by atomic mass is 10.0. The van der Waals surface area contributed by atoms with E-state index in [2.05, 4.69) is 38.2 Å². The Bertz CT molecular complexity index is 893. The Morgan fingerprint density at radius 2 is 0.814 bits per heavy atom. The number of esters is 1. The molecule has 0 fully saturated rings. The molecule has 0 aliphatic heterocycles. The lowest BCUT2D eigenvalue weighted by molar-refractivity contribution is -0.151. The van der Waals surface area contributed by atoms with Crippen LogP contribution in [0.2, 0.25) is 0 Å². The number of carbonyl (C=O) groups is 2. The zero-order chi connectivity index (χ0) is 43.1. The van der Waals surface area contributed by atoms with Crippen molar-refractivity contribution in [2.24, 2.45) is 0 Å². The summed E-state index contributed by atoms with van der Waals surface area (Å²) in [5, 5.41) is 23.7. The second-order valence-corrected chi connectivity index (χ2v) is 18.3. The van der Waals surface area contributed by atoms with Crippen molar-refractivity contribution >= 4 is 11.9 Å². The molecule has 0 aliphatic carbocycles. The van der Waals surface area contributed by atoms with Gasteiger partial charge in [-0.2, -0.15) is 0 Å². The Labute approximate surface area is 368 Å². The monoisotopic (exact) mass is 834 g/mol. The Hall–Kier alpha value is -1.40. The maximum Gasteiger partial charge on any atom is 0.306 e. The molecule has 3 atom stereocenters. The summed E-state index contributed by atoms with van der Waals surface area (Å²) >= 11 is 0. The minimum atomic E-state index is -0.783. The smallest absolute Gasteiger partial charge is 0.306 e. The van der Waals surface area contributed by atoms with Gasteiger partial charge in [-0.25, -0.2) is 0 Å². The molecule has 6 nitrogen and oxygen atoms in total. The van der Waals surface area contributed by atoms with Gasteiger partial charge >= 0.3 is 5.97 Å². The molecule has 0 bridgehead atoms. The van der Waals surface area contributed by atoms with Gasteiger partial charge in [-0.3, -0.25) is 9.59 Å². The highest BCUT2D eigenvalue weighted by atomic mass is 16.5. The van der Waals surface area contributed by atoms with E-state index in [1.165, 1.54) is 193 Å². The predicted molar refractivity (Wildman–Crippen MR) is 255 cm³/mol. The molecule has 350 valence electrons. The largest absolute Gasteiger partial charge is 0.462 e. The number of carbonyl (C=O) groups excluding carboxylic acids is 2. The first-order valence-corrected chi connectivity index (χ1v) is 26.4. The van der Waals surface area contributed by atoms with Gasteiger partial charge in [0.05, 0.1) is 25.2 Å². The van der Waals surface area contributed by atoms with E-state index in [9.17, 15) is 19.8 Å². The Kier molecular flexibility index (Phi) is 46.5. The molecule has 0 rings (SSSR count). The van der Waals surface area contributed by atoms with E-state index in [1.807, 2.05) is 0 Å². The van der Waals surface area contributed by atoms with Gasteiger partial charge in [-0.1, -0.05) is 238 Å². The third-order valence-electron chi connectivity index (χ3n) is 12.3. The fraction of sp³-hybridized carbons (Fsp3) is 0.925.